The lowest BCUT2D eigenvalue weighted by Gasteiger charge is -2.18. The number of H-pyrrole nitrogens is 1. The van der Waals surface area contributed by atoms with Gasteiger partial charge in [-0.15, -0.1) is 0 Å². The molecule has 25 heavy (non-hydrogen) atoms. The number of hydrogen-bond donors (Lipinski definition) is 2. The van der Waals surface area contributed by atoms with Gasteiger partial charge in [-0.25, -0.2) is 14.2 Å². The molecule has 7 heteroatoms. The minimum absolute atomic E-state index is 0.101. The van der Waals surface area contributed by atoms with Gasteiger partial charge in [-0.3, -0.25) is 4.79 Å². The van der Waals surface area contributed by atoms with Crippen molar-refractivity contribution in [3.05, 3.63) is 53.9 Å². The lowest BCUT2D eigenvalue weighted by molar-refractivity contribution is -0.147. The number of imidazole rings is 1. The van der Waals surface area contributed by atoms with Gasteiger partial charge in [0.2, 0.25) is 5.91 Å². The maximum Gasteiger partial charge on any atom is 0.329 e. The highest BCUT2D eigenvalue weighted by atomic mass is 19.1. The van der Waals surface area contributed by atoms with Crippen molar-refractivity contribution in [1.82, 2.24) is 15.3 Å². The Morgan fingerprint density at radius 1 is 1.32 bits per heavy atom. The SMILES string of the molecule is CCOC(=O)[C@H](Cc1cnc[nH]1)NC(=O)CC(C)c1ccc(F)cc1. The number of carbonyl (C=O) groups is 2. The van der Waals surface area contributed by atoms with Crippen molar-refractivity contribution in [3.8, 4) is 0 Å². The zero-order valence-corrected chi connectivity index (χ0v) is 14.3. The molecule has 0 saturated carbocycles. The first-order valence-electron chi connectivity index (χ1n) is 8.18. The van der Waals surface area contributed by atoms with E-state index in [1.54, 1.807) is 25.3 Å². The van der Waals surface area contributed by atoms with Crippen LogP contribution in [0, 0.1) is 5.82 Å². The molecule has 0 spiro atoms. The molecule has 1 aromatic heterocycles. The van der Waals surface area contributed by atoms with Gasteiger partial charge in [0.1, 0.15) is 11.9 Å². The molecule has 134 valence electrons. The number of amides is 1. The van der Waals surface area contributed by atoms with Gasteiger partial charge in [0, 0.05) is 24.7 Å². The summed E-state index contributed by atoms with van der Waals surface area (Å²) in [6, 6.07) is 5.25. The number of benzene rings is 1. The van der Waals surface area contributed by atoms with Crippen molar-refractivity contribution in [3.63, 3.8) is 0 Å². The Bertz CT molecular complexity index is 686. The van der Waals surface area contributed by atoms with Crippen LogP contribution in [0.15, 0.2) is 36.8 Å². The minimum Gasteiger partial charge on any atom is -0.464 e. The average Bonchev–Trinajstić information content (AvgIpc) is 3.08. The molecule has 0 bridgehead atoms. The van der Waals surface area contributed by atoms with E-state index in [0.717, 1.165) is 11.3 Å². The van der Waals surface area contributed by atoms with Crippen LogP contribution in [0.5, 0.6) is 0 Å². The lowest BCUT2D eigenvalue weighted by atomic mass is 9.97. The Balaban J connectivity index is 1.97. The minimum atomic E-state index is -0.784. The van der Waals surface area contributed by atoms with Crippen molar-refractivity contribution in [2.75, 3.05) is 6.61 Å². The summed E-state index contributed by atoms with van der Waals surface area (Å²) in [5, 5.41) is 2.72. The Labute approximate surface area is 145 Å². The number of nitrogens with zero attached hydrogens (tertiary/aromatic N) is 1. The first-order chi connectivity index (χ1) is 12.0. The molecule has 0 aliphatic rings. The number of halogens is 1. The molecular formula is C18H22FN3O3. The average molecular weight is 347 g/mol. The summed E-state index contributed by atoms with van der Waals surface area (Å²) in [5.74, 6) is -1.17. The van der Waals surface area contributed by atoms with E-state index in [9.17, 15) is 14.0 Å². The number of carbonyl (C=O) groups excluding carboxylic acids is 2. The zero-order valence-electron chi connectivity index (χ0n) is 14.3. The van der Waals surface area contributed by atoms with Crippen LogP contribution < -0.4 is 5.32 Å². The first-order valence-corrected chi connectivity index (χ1v) is 8.18. The summed E-state index contributed by atoms with van der Waals surface area (Å²) in [4.78, 5) is 31.2. The second kappa shape index (κ2) is 8.96. The zero-order chi connectivity index (χ0) is 18.2. The Morgan fingerprint density at radius 2 is 2.04 bits per heavy atom. The third kappa shape index (κ3) is 5.70. The Morgan fingerprint density at radius 3 is 2.64 bits per heavy atom. The van der Waals surface area contributed by atoms with Crippen molar-refractivity contribution in [1.29, 1.82) is 0 Å². The molecule has 1 heterocycles. The van der Waals surface area contributed by atoms with Gasteiger partial charge in [0.05, 0.1) is 12.9 Å². The number of rotatable bonds is 8. The van der Waals surface area contributed by atoms with Crippen molar-refractivity contribution in [2.24, 2.45) is 0 Å². The molecular weight excluding hydrogens is 325 g/mol. The molecule has 2 N–H and O–H groups in total. The van der Waals surface area contributed by atoms with Crippen LogP contribution in [-0.4, -0.2) is 34.5 Å². The number of ether oxygens (including phenoxy) is 1. The van der Waals surface area contributed by atoms with Gasteiger partial charge >= 0.3 is 5.97 Å². The number of hydrogen-bond acceptors (Lipinski definition) is 4. The molecule has 0 fully saturated rings. The van der Waals surface area contributed by atoms with E-state index in [-0.39, 0.29) is 37.1 Å². The van der Waals surface area contributed by atoms with Gasteiger partial charge in [-0.1, -0.05) is 19.1 Å². The summed E-state index contributed by atoms with van der Waals surface area (Å²) in [6.45, 7) is 3.82. The van der Waals surface area contributed by atoms with E-state index in [0.29, 0.717) is 0 Å². The second-order valence-corrected chi connectivity index (χ2v) is 5.81. The van der Waals surface area contributed by atoms with Gasteiger partial charge in [0.15, 0.2) is 0 Å². The molecule has 1 aromatic carbocycles. The molecule has 2 atom stereocenters. The van der Waals surface area contributed by atoms with Crippen molar-refractivity contribution >= 4 is 11.9 Å². The van der Waals surface area contributed by atoms with E-state index >= 15 is 0 Å². The molecule has 0 saturated heterocycles. The topological polar surface area (TPSA) is 84.1 Å². The van der Waals surface area contributed by atoms with Gasteiger partial charge in [-0.2, -0.15) is 0 Å². The fourth-order valence-corrected chi connectivity index (χ4v) is 2.49. The van der Waals surface area contributed by atoms with E-state index in [2.05, 4.69) is 15.3 Å². The maximum absolute atomic E-state index is 13.0. The van der Waals surface area contributed by atoms with Crippen LogP contribution in [0.2, 0.25) is 0 Å². The molecule has 1 amide bonds. The summed E-state index contributed by atoms with van der Waals surface area (Å²) in [6.07, 6.45) is 3.56. The van der Waals surface area contributed by atoms with Crippen LogP contribution in [0.4, 0.5) is 4.39 Å². The molecule has 2 aromatic rings. The third-order valence-corrected chi connectivity index (χ3v) is 3.82. The Kier molecular flexibility index (Phi) is 6.68. The number of esters is 1. The van der Waals surface area contributed by atoms with E-state index in [1.165, 1.54) is 18.5 Å². The number of aromatic nitrogens is 2. The fraction of sp³-hybridized carbons (Fsp3) is 0.389. The molecule has 0 aliphatic carbocycles. The van der Waals surface area contributed by atoms with Gasteiger partial charge in [-0.05, 0) is 30.5 Å². The summed E-state index contributed by atoms with van der Waals surface area (Å²) >= 11 is 0. The van der Waals surface area contributed by atoms with Crippen LogP contribution >= 0.6 is 0 Å². The fourth-order valence-electron chi connectivity index (χ4n) is 2.49. The summed E-state index contributed by atoms with van der Waals surface area (Å²) in [7, 11) is 0. The summed E-state index contributed by atoms with van der Waals surface area (Å²) in [5.41, 5.74) is 1.59. The highest BCUT2D eigenvalue weighted by molar-refractivity contribution is 5.85. The monoisotopic (exact) mass is 347 g/mol. The molecule has 0 aliphatic heterocycles. The van der Waals surface area contributed by atoms with Crippen molar-refractivity contribution < 1.29 is 18.7 Å². The van der Waals surface area contributed by atoms with Crippen LogP contribution in [0.1, 0.15) is 37.4 Å². The molecule has 1 unspecified atom stereocenters. The predicted octanol–water partition coefficient (Wildman–Crippen LogP) is 2.33. The van der Waals surface area contributed by atoms with Crippen molar-refractivity contribution in [2.45, 2.75) is 38.6 Å². The van der Waals surface area contributed by atoms with E-state index in [4.69, 9.17) is 4.74 Å². The predicted molar refractivity (Wildman–Crippen MR) is 90.3 cm³/mol. The highest BCUT2D eigenvalue weighted by Crippen LogP contribution is 2.19. The normalized spacial score (nSPS) is 13.1. The largest absolute Gasteiger partial charge is 0.464 e. The lowest BCUT2D eigenvalue weighted by Crippen LogP contribution is -2.43. The number of nitrogens with one attached hydrogen (secondary N) is 2. The smallest absolute Gasteiger partial charge is 0.329 e. The standard InChI is InChI=1S/C18H22FN3O3/c1-3-25-18(24)16(9-15-10-20-11-21-15)22-17(23)8-12(2)13-4-6-14(19)7-5-13/h4-7,10-12,16H,3,8-9H2,1-2H3,(H,20,21)(H,22,23)/t12?,16-/m0/s1. The number of aromatic amines is 1. The first kappa shape index (κ1) is 18.6. The maximum atomic E-state index is 13.0. The van der Waals surface area contributed by atoms with E-state index in [1.807, 2.05) is 6.92 Å². The second-order valence-electron chi connectivity index (χ2n) is 5.81. The quantitative estimate of drug-likeness (QED) is 0.718. The molecule has 0 radical (unpaired) electrons. The molecule has 2 rings (SSSR count). The van der Waals surface area contributed by atoms with Gasteiger partial charge in [0.25, 0.3) is 0 Å². The third-order valence-electron chi connectivity index (χ3n) is 3.82. The van der Waals surface area contributed by atoms with E-state index < -0.39 is 12.0 Å². The van der Waals surface area contributed by atoms with Gasteiger partial charge < -0.3 is 15.0 Å². The summed E-state index contributed by atoms with van der Waals surface area (Å²) < 4.78 is 18.0. The molecule has 6 nitrogen and oxygen atoms in total. The van der Waals surface area contributed by atoms with Crippen LogP contribution in [-0.2, 0) is 20.7 Å². The highest BCUT2D eigenvalue weighted by Gasteiger charge is 2.24. The van der Waals surface area contributed by atoms with Crippen LogP contribution in [0.3, 0.4) is 0 Å². The van der Waals surface area contributed by atoms with Crippen LogP contribution in [0.25, 0.3) is 0 Å². The Hall–Kier alpha value is -2.70.